The monoisotopic (exact) mass is 398 g/mol. The lowest BCUT2D eigenvalue weighted by Gasteiger charge is -2.10. The molecule has 2 N–H and O–H groups in total. The number of anilines is 2. The number of hydrogen-bond acceptors (Lipinski definition) is 5. The molecule has 2 amide bonds. The summed E-state index contributed by atoms with van der Waals surface area (Å²) < 4.78 is 10.1. The molecule has 7 heteroatoms. The Morgan fingerprint density at radius 3 is 2.24 bits per heavy atom. The number of amides is 2. The maximum absolute atomic E-state index is 12.1. The van der Waals surface area contributed by atoms with Crippen molar-refractivity contribution in [3.63, 3.8) is 0 Å². The van der Waals surface area contributed by atoms with Gasteiger partial charge in [0.05, 0.1) is 12.8 Å². The zero-order valence-corrected chi connectivity index (χ0v) is 16.7. The Bertz CT molecular complexity index is 851. The van der Waals surface area contributed by atoms with Crippen molar-refractivity contribution in [3.05, 3.63) is 54.1 Å². The maximum Gasteiger partial charge on any atom is 0.306 e. The van der Waals surface area contributed by atoms with Crippen molar-refractivity contribution in [3.8, 4) is 5.75 Å². The first-order chi connectivity index (χ1) is 14.0. The van der Waals surface area contributed by atoms with E-state index in [1.165, 1.54) is 7.11 Å². The maximum atomic E-state index is 12.1. The van der Waals surface area contributed by atoms with E-state index in [1.54, 1.807) is 24.3 Å². The average molecular weight is 398 g/mol. The van der Waals surface area contributed by atoms with Crippen LogP contribution in [0.4, 0.5) is 11.4 Å². The SMILES string of the molecule is CCc1ccccc1NC(=O)CCCC(=O)OCC(=O)Nc1ccccc1OC. The van der Waals surface area contributed by atoms with Crippen molar-refractivity contribution in [2.75, 3.05) is 24.4 Å². The van der Waals surface area contributed by atoms with Crippen LogP contribution in [-0.2, 0) is 25.5 Å². The Morgan fingerprint density at radius 2 is 1.52 bits per heavy atom. The van der Waals surface area contributed by atoms with Gasteiger partial charge in [0.2, 0.25) is 5.91 Å². The van der Waals surface area contributed by atoms with Crippen LogP contribution in [0.2, 0.25) is 0 Å². The highest BCUT2D eigenvalue weighted by molar-refractivity contribution is 5.94. The number of rotatable bonds is 10. The molecule has 0 aliphatic heterocycles. The van der Waals surface area contributed by atoms with Crippen LogP contribution in [0.25, 0.3) is 0 Å². The number of nitrogens with one attached hydrogen (secondary N) is 2. The smallest absolute Gasteiger partial charge is 0.306 e. The predicted molar refractivity (Wildman–Crippen MR) is 111 cm³/mol. The van der Waals surface area contributed by atoms with Crippen LogP contribution in [0, 0.1) is 0 Å². The van der Waals surface area contributed by atoms with Gasteiger partial charge in [-0.05, 0) is 36.6 Å². The first-order valence-corrected chi connectivity index (χ1v) is 9.49. The number of hydrogen-bond donors (Lipinski definition) is 2. The van der Waals surface area contributed by atoms with Crippen LogP contribution in [0.5, 0.6) is 5.75 Å². The molecular weight excluding hydrogens is 372 g/mol. The number of benzene rings is 2. The van der Waals surface area contributed by atoms with Crippen molar-refractivity contribution in [2.24, 2.45) is 0 Å². The fraction of sp³-hybridized carbons (Fsp3) is 0.318. The third-order valence-corrected chi connectivity index (χ3v) is 4.20. The molecule has 0 unspecified atom stereocenters. The molecule has 2 aromatic carbocycles. The van der Waals surface area contributed by atoms with E-state index in [4.69, 9.17) is 9.47 Å². The normalized spacial score (nSPS) is 10.1. The first-order valence-electron chi connectivity index (χ1n) is 9.49. The molecule has 0 saturated heterocycles. The van der Waals surface area contributed by atoms with E-state index in [0.29, 0.717) is 17.9 Å². The van der Waals surface area contributed by atoms with E-state index in [9.17, 15) is 14.4 Å². The van der Waals surface area contributed by atoms with Gasteiger partial charge >= 0.3 is 5.97 Å². The summed E-state index contributed by atoms with van der Waals surface area (Å²) in [6.07, 6.45) is 1.41. The number of aryl methyl sites for hydroxylation is 1. The molecule has 0 fully saturated rings. The number of para-hydroxylation sites is 3. The zero-order valence-electron chi connectivity index (χ0n) is 16.7. The summed E-state index contributed by atoms with van der Waals surface area (Å²) in [7, 11) is 1.50. The van der Waals surface area contributed by atoms with Crippen molar-refractivity contribution in [2.45, 2.75) is 32.6 Å². The molecule has 0 saturated carbocycles. The number of carbonyl (C=O) groups excluding carboxylic acids is 3. The lowest BCUT2D eigenvalue weighted by Crippen LogP contribution is -2.21. The van der Waals surface area contributed by atoms with Gasteiger partial charge in [0.15, 0.2) is 6.61 Å². The van der Waals surface area contributed by atoms with Gasteiger partial charge in [-0.15, -0.1) is 0 Å². The second-order valence-corrected chi connectivity index (χ2v) is 6.32. The fourth-order valence-corrected chi connectivity index (χ4v) is 2.71. The minimum atomic E-state index is -0.526. The summed E-state index contributed by atoms with van der Waals surface area (Å²) >= 11 is 0. The van der Waals surface area contributed by atoms with Gasteiger partial charge in [-0.2, -0.15) is 0 Å². The van der Waals surface area contributed by atoms with Gasteiger partial charge in [0.25, 0.3) is 5.91 Å². The van der Waals surface area contributed by atoms with Crippen LogP contribution >= 0.6 is 0 Å². The number of ether oxygens (including phenoxy) is 2. The Morgan fingerprint density at radius 1 is 0.862 bits per heavy atom. The third-order valence-electron chi connectivity index (χ3n) is 4.20. The fourth-order valence-electron chi connectivity index (χ4n) is 2.71. The van der Waals surface area contributed by atoms with Crippen molar-refractivity contribution in [1.29, 1.82) is 0 Å². The summed E-state index contributed by atoms with van der Waals surface area (Å²) in [5, 5.41) is 5.48. The summed E-state index contributed by atoms with van der Waals surface area (Å²) in [4.78, 5) is 35.8. The van der Waals surface area contributed by atoms with Crippen LogP contribution in [0.1, 0.15) is 31.7 Å². The molecule has 7 nitrogen and oxygen atoms in total. The number of methoxy groups -OCH3 is 1. The van der Waals surface area contributed by atoms with Gasteiger partial charge in [-0.1, -0.05) is 37.3 Å². The lowest BCUT2D eigenvalue weighted by atomic mass is 10.1. The van der Waals surface area contributed by atoms with Crippen molar-refractivity contribution >= 4 is 29.2 Å². The topological polar surface area (TPSA) is 93.7 Å². The molecule has 0 aliphatic rings. The molecule has 0 atom stereocenters. The average Bonchev–Trinajstić information content (AvgIpc) is 2.73. The molecule has 2 rings (SSSR count). The molecule has 0 aromatic heterocycles. The Labute approximate surface area is 170 Å². The van der Waals surface area contributed by atoms with Crippen LogP contribution in [-0.4, -0.2) is 31.5 Å². The van der Waals surface area contributed by atoms with Crippen molar-refractivity contribution < 1.29 is 23.9 Å². The van der Waals surface area contributed by atoms with E-state index in [0.717, 1.165) is 17.7 Å². The van der Waals surface area contributed by atoms with Gasteiger partial charge in [0, 0.05) is 18.5 Å². The highest BCUT2D eigenvalue weighted by Crippen LogP contribution is 2.22. The summed E-state index contributed by atoms with van der Waals surface area (Å²) in [6.45, 7) is 1.62. The largest absolute Gasteiger partial charge is 0.495 e. The number of esters is 1. The van der Waals surface area contributed by atoms with E-state index in [2.05, 4.69) is 10.6 Å². The quantitative estimate of drug-likeness (QED) is 0.597. The molecule has 0 aliphatic carbocycles. The van der Waals surface area contributed by atoms with E-state index in [1.807, 2.05) is 31.2 Å². The molecule has 154 valence electrons. The highest BCUT2D eigenvalue weighted by Gasteiger charge is 2.11. The van der Waals surface area contributed by atoms with Gasteiger partial charge in [-0.25, -0.2) is 0 Å². The lowest BCUT2D eigenvalue weighted by molar-refractivity contribution is -0.147. The standard InChI is InChI=1S/C22H26N2O5/c1-3-16-9-4-5-10-17(16)23-20(25)13-8-14-22(27)29-15-21(26)24-18-11-6-7-12-19(18)28-2/h4-7,9-12H,3,8,13-15H2,1-2H3,(H,23,25)(H,24,26). The van der Waals surface area contributed by atoms with Gasteiger partial charge in [-0.3, -0.25) is 14.4 Å². The van der Waals surface area contributed by atoms with Crippen LogP contribution < -0.4 is 15.4 Å². The third kappa shape index (κ3) is 7.29. The minimum absolute atomic E-state index is 0.0603. The van der Waals surface area contributed by atoms with Crippen LogP contribution in [0.3, 0.4) is 0 Å². The van der Waals surface area contributed by atoms with Gasteiger partial charge < -0.3 is 20.1 Å². The summed E-state index contributed by atoms with van der Waals surface area (Å²) in [5.74, 6) is -0.630. The minimum Gasteiger partial charge on any atom is -0.495 e. The molecule has 0 radical (unpaired) electrons. The summed E-state index contributed by atoms with van der Waals surface area (Å²) in [6, 6.07) is 14.5. The second kappa shape index (κ2) is 11.5. The Balaban J connectivity index is 1.68. The highest BCUT2D eigenvalue weighted by atomic mass is 16.5. The molecule has 2 aromatic rings. The van der Waals surface area contributed by atoms with Gasteiger partial charge in [0.1, 0.15) is 5.75 Å². The Kier molecular flexibility index (Phi) is 8.69. The number of carbonyl (C=O) groups is 3. The van der Waals surface area contributed by atoms with E-state index >= 15 is 0 Å². The Hall–Kier alpha value is -3.35. The zero-order chi connectivity index (χ0) is 21.1. The molecule has 0 bridgehead atoms. The molecule has 0 spiro atoms. The van der Waals surface area contributed by atoms with E-state index < -0.39 is 18.5 Å². The first kappa shape index (κ1) is 21.9. The predicted octanol–water partition coefficient (Wildman–Crippen LogP) is 3.55. The molecule has 0 heterocycles. The summed E-state index contributed by atoms with van der Waals surface area (Å²) in [5.41, 5.74) is 2.34. The van der Waals surface area contributed by atoms with Crippen LogP contribution in [0.15, 0.2) is 48.5 Å². The van der Waals surface area contributed by atoms with E-state index in [-0.39, 0.29) is 18.7 Å². The molecular formula is C22H26N2O5. The van der Waals surface area contributed by atoms with Crippen molar-refractivity contribution in [1.82, 2.24) is 0 Å². The molecule has 29 heavy (non-hydrogen) atoms. The second-order valence-electron chi connectivity index (χ2n) is 6.32.